The highest BCUT2D eigenvalue weighted by atomic mass is 15.1. The molecule has 29 heavy (non-hydrogen) atoms. The van der Waals surface area contributed by atoms with Gasteiger partial charge in [-0.2, -0.15) is 0 Å². The van der Waals surface area contributed by atoms with Gasteiger partial charge in [-0.05, 0) is 63.0 Å². The lowest BCUT2D eigenvalue weighted by molar-refractivity contribution is 0.228. The Morgan fingerprint density at radius 3 is 2.66 bits per heavy atom. The van der Waals surface area contributed by atoms with Crippen molar-refractivity contribution < 1.29 is 0 Å². The topological polar surface area (TPSA) is 41.0 Å². The van der Waals surface area contributed by atoms with E-state index < -0.39 is 0 Å². The van der Waals surface area contributed by atoms with E-state index in [1.807, 2.05) is 18.5 Å². The Hall–Kier alpha value is -2.46. The summed E-state index contributed by atoms with van der Waals surface area (Å²) in [4.78, 5) is 11.8. The molecule has 1 aromatic carbocycles. The highest BCUT2D eigenvalue weighted by Crippen LogP contribution is 2.28. The number of aromatic nitrogens is 2. The first-order valence-corrected chi connectivity index (χ1v) is 11.1. The van der Waals surface area contributed by atoms with Crippen molar-refractivity contribution in [3.63, 3.8) is 0 Å². The summed E-state index contributed by atoms with van der Waals surface area (Å²) >= 11 is 0. The predicted octanol–water partition coefficient (Wildman–Crippen LogP) is 5.54. The van der Waals surface area contributed by atoms with Crippen molar-refractivity contribution in [2.75, 3.05) is 31.5 Å². The smallest absolute Gasteiger partial charge is 0.0761 e. The van der Waals surface area contributed by atoms with E-state index >= 15 is 0 Å². The Kier molecular flexibility index (Phi) is 6.73. The van der Waals surface area contributed by atoms with Crippen molar-refractivity contribution in [1.29, 1.82) is 0 Å². The Morgan fingerprint density at radius 2 is 1.86 bits per heavy atom. The first-order valence-electron chi connectivity index (χ1n) is 11.1. The van der Waals surface area contributed by atoms with Crippen LogP contribution in [0.2, 0.25) is 0 Å². The minimum absolute atomic E-state index is 0.972. The standard InChI is InChI=1S/C25H32N4/c1-2-7-20-8-10-21(11-9-20)24-18-25(22-19-26-14-12-23(22)28-24)27-13-6-17-29-15-4-3-5-16-29/h8-12,14,18-19H,2-7,13,15-17H2,1H3,(H,27,28). The van der Waals surface area contributed by atoms with Crippen LogP contribution in [0.15, 0.2) is 48.8 Å². The molecule has 0 atom stereocenters. The summed E-state index contributed by atoms with van der Waals surface area (Å²) in [5, 5.41) is 4.76. The van der Waals surface area contributed by atoms with E-state index in [1.54, 1.807) is 0 Å². The molecule has 1 aliphatic heterocycles. The fraction of sp³-hybridized carbons (Fsp3) is 0.440. The zero-order valence-corrected chi connectivity index (χ0v) is 17.5. The van der Waals surface area contributed by atoms with Gasteiger partial charge in [0.1, 0.15) is 0 Å². The van der Waals surface area contributed by atoms with Crippen molar-refractivity contribution in [2.24, 2.45) is 0 Å². The van der Waals surface area contributed by atoms with Crippen molar-refractivity contribution in [2.45, 2.75) is 45.4 Å². The highest BCUT2D eigenvalue weighted by Gasteiger charge is 2.10. The van der Waals surface area contributed by atoms with Crippen molar-refractivity contribution >= 4 is 16.6 Å². The molecule has 0 amide bonds. The van der Waals surface area contributed by atoms with Gasteiger partial charge in [0.15, 0.2) is 0 Å². The van der Waals surface area contributed by atoms with Crippen molar-refractivity contribution in [3.8, 4) is 11.3 Å². The molecule has 0 bridgehead atoms. The molecular formula is C25H32N4. The highest BCUT2D eigenvalue weighted by molar-refractivity contribution is 5.93. The first kappa shape index (κ1) is 19.8. The van der Waals surface area contributed by atoms with E-state index in [0.717, 1.165) is 41.7 Å². The van der Waals surface area contributed by atoms with E-state index in [9.17, 15) is 0 Å². The number of rotatable bonds is 8. The third-order valence-electron chi connectivity index (χ3n) is 5.81. The first-order chi connectivity index (χ1) is 14.3. The monoisotopic (exact) mass is 388 g/mol. The summed E-state index contributed by atoms with van der Waals surface area (Å²) in [6, 6.07) is 13.0. The second-order valence-corrected chi connectivity index (χ2v) is 8.08. The number of nitrogens with zero attached hydrogens (tertiary/aromatic N) is 3. The molecule has 0 aliphatic carbocycles. The summed E-state index contributed by atoms with van der Waals surface area (Å²) in [5.41, 5.74) is 5.70. The van der Waals surface area contributed by atoms with Gasteiger partial charge in [0.05, 0.1) is 11.2 Å². The Morgan fingerprint density at radius 1 is 1.03 bits per heavy atom. The van der Waals surface area contributed by atoms with Crippen LogP contribution < -0.4 is 5.32 Å². The number of hydrogen-bond acceptors (Lipinski definition) is 4. The maximum absolute atomic E-state index is 4.90. The Labute approximate surface area is 174 Å². The molecule has 4 rings (SSSR count). The Bertz CT molecular complexity index is 914. The molecule has 0 spiro atoms. The van der Waals surface area contributed by atoms with Gasteiger partial charge in [-0.3, -0.25) is 4.98 Å². The van der Waals surface area contributed by atoms with E-state index in [1.165, 1.54) is 56.4 Å². The molecule has 3 aromatic rings. The number of pyridine rings is 2. The SMILES string of the molecule is CCCc1ccc(-c2cc(NCCCN3CCCCC3)c3cnccc3n2)cc1. The fourth-order valence-electron chi connectivity index (χ4n) is 4.20. The number of fused-ring (bicyclic) bond motifs is 1. The molecule has 1 fully saturated rings. The van der Waals surface area contributed by atoms with Crippen molar-refractivity contribution in [1.82, 2.24) is 14.9 Å². The lowest BCUT2D eigenvalue weighted by Gasteiger charge is -2.26. The second-order valence-electron chi connectivity index (χ2n) is 8.08. The molecule has 4 nitrogen and oxygen atoms in total. The van der Waals surface area contributed by atoms with Gasteiger partial charge in [0, 0.05) is 35.6 Å². The van der Waals surface area contributed by atoms with Gasteiger partial charge in [-0.1, -0.05) is 44.0 Å². The van der Waals surface area contributed by atoms with Crippen molar-refractivity contribution in [3.05, 3.63) is 54.4 Å². The van der Waals surface area contributed by atoms with Crippen LogP contribution in [-0.2, 0) is 6.42 Å². The van der Waals surface area contributed by atoms with Crippen LogP contribution in [0, 0.1) is 0 Å². The van der Waals surface area contributed by atoms with Gasteiger partial charge >= 0.3 is 0 Å². The van der Waals surface area contributed by atoms with E-state index in [0.29, 0.717) is 0 Å². The van der Waals surface area contributed by atoms with Crippen LogP contribution in [-0.4, -0.2) is 41.0 Å². The fourth-order valence-corrected chi connectivity index (χ4v) is 4.20. The number of nitrogens with one attached hydrogen (secondary N) is 1. The van der Waals surface area contributed by atoms with Gasteiger partial charge in [0.25, 0.3) is 0 Å². The van der Waals surface area contributed by atoms with E-state index in [4.69, 9.17) is 4.98 Å². The average Bonchev–Trinajstić information content (AvgIpc) is 2.78. The summed E-state index contributed by atoms with van der Waals surface area (Å²) in [6.07, 6.45) is 11.3. The molecular weight excluding hydrogens is 356 g/mol. The number of anilines is 1. The summed E-state index contributed by atoms with van der Waals surface area (Å²) in [5.74, 6) is 0. The largest absolute Gasteiger partial charge is 0.384 e. The van der Waals surface area contributed by atoms with Crippen LogP contribution in [0.1, 0.15) is 44.6 Å². The summed E-state index contributed by atoms with van der Waals surface area (Å²) in [6.45, 7) is 6.90. The van der Waals surface area contributed by atoms with Gasteiger partial charge in [-0.15, -0.1) is 0 Å². The van der Waals surface area contributed by atoms with Gasteiger partial charge in [-0.25, -0.2) is 4.98 Å². The zero-order chi connectivity index (χ0) is 19.9. The predicted molar refractivity (Wildman–Crippen MR) is 122 cm³/mol. The maximum atomic E-state index is 4.90. The quantitative estimate of drug-likeness (QED) is 0.515. The van der Waals surface area contributed by atoms with Crippen LogP contribution in [0.25, 0.3) is 22.2 Å². The molecule has 1 aliphatic rings. The van der Waals surface area contributed by atoms with Crippen LogP contribution in [0.5, 0.6) is 0 Å². The molecule has 2 aromatic heterocycles. The second kappa shape index (κ2) is 9.84. The Balaban J connectivity index is 1.49. The van der Waals surface area contributed by atoms with Crippen LogP contribution >= 0.6 is 0 Å². The third-order valence-corrected chi connectivity index (χ3v) is 5.81. The lowest BCUT2D eigenvalue weighted by atomic mass is 10.0. The molecule has 152 valence electrons. The number of piperidine rings is 1. The lowest BCUT2D eigenvalue weighted by Crippen LogP contribution is -2.31. The maximum Gasteiger partial charge on any atom is 0.0761 e. The summed E-state index contributed by atoms with van der Waals surface area (Å²) < 4.78 is 0. The number of aryl methyl sites for hydroxylation is 1. The molecule has 3 heterocycles. The third kappa shape index (κ3) is 5.13. The van der Waals surface area contributed by atoms with Crippen LogP contribution in [0.4, 0.5) is 5.69 Å². The number of hydrogen-bond donors (Lipinski definition) is 1. The van der Waals surface area contributed by atoms with Gasteiger partial charge in [0.2, 0.25) is 0 Å². The molecule has 1 saturated heterocycles. The minimum Gasteiger partial charge on any atom is -0.384 e. The molecule has 0 unspecified atom stereocenters. The molecule has 0 saturated carbocycles. The average molecular weight is 389 g/mol. The number of likely N-dealkylation sites (tertiary alicyclic amines) is 1. The van der Waals surface area contributed by atoms with E-state index in [2.05, 4.69) is 52.5 Å². The molecule has 4 heteroatoms. The minimum atomic E-state index is 0.972. The van der Waals surface area contributed by atoms with Gasteiger partial charge < -0.3 is 10.2 Å². The zero-order valence-electron chi connectivity index (χ0n) is 17.5. The normalized spacial score (nSPS) is 14.9. The molecule has 0 radical (unpaired) electrons. The molecule has 1 N–H and O–H groups in total. The van der Waals surface area contributed by atoms with Crippen LogP contribution in [0.3, 0.4) is 0 Å². The van der Waals surface area contributed by atoms with E-state index in [-0.39, 0.29) is 0 Å². The number of benzene rings is 1. The summed E-state index contributed by atoms with van der Waals surface area (Å²) in [7, 11) is 0.